The number of nitrogens with zero attached hydrogens (tertiary/aromatic N) is 2. The molecule has 0 heterocycles. The lowest BCUT2D eigenvalue weighted by atomic mass is 10.2. The number of carbonyl (C=O) groups is 2. The molecule has 1 aromatic carbocycles. The number of hydrogen-bond acceptors (Lipinski definition) is 4. The van der Waals surface area contributed by atoms with Crippen LogP contribution in [0.15, 0.2) is 24.3 Å². The van der Waals surface area contributed by atoms with Gasteiger partial charge in [-0.1, -0.05) is 0 Å². The summed E-state index contributed by atoms with van der Waals surface area (Å²) in [6.45, 7) is -0.347. The summed E-state index contributed by atoms with van der Waals surface area (Å²) >= 11 is 0. The van der Waals surface area contributed by atoms with Crippen LogP contribution >= 0.6 is 0 Å². The molecule has 0 unspecified atom stereocenters. The topological polar surface area (TPSA) is 101 Å². The Morgan fingerprint density at radius 1 is 1.32 bits per heavy atom. The first-order valence-corrected chi connectivity index (χ1v) is 5.76. The Morgan fingerprint density at radius 3 is 2.32 bits per heavy atom. The second-order valence-electron chi connectivity index (χ2n) is 4.36. The summed E-state index contributed by atoms with van der Waals surface area (Å²) in [4.78, 5) is 34.1. The Labute approximate surface area is 108 Å². The standard InChI is InChI=1S/C12H12N2O5/c15-11(16)7-13(9-5-6-9)12(17)8-1-3-10(4-2-8)14(18)19/h1-4,9H,5-7H2,(H,15,16). The van der Waals surface area contributed by atoms with Crippen LogP contribution in [0.4, 0.5) is 5.69 Å². The van der Waals surface area contributed by atoms with Crippen LogP contribution in [0.5, 0.6) is 0 Å². The molecule has 2 rings (SSSR count). The van der Waals surface area contributed by atoms with Crippen LogP contribution in [0.3, 0.4) is 0 Å². The Hall–Kier alpha value is -2.44. The molecule has 0 saturated heterocycles. The number of non-ortho nitro benzene ring substituents is 1. The Kier molecular flexibility index (Phi) is 3.46. The van der Waals surface area contributed by atoms with Gasteiger partial charge in [0, 0.05) is 23.7 Å². The van der Waals surface area contributed by atoms with Gasteiger partial charge in [-0.05, 0) is 25.0 Å². The Balaban J connectivity index is 2.16. The minimum absolute atomic E-state index is 0.0289. The summed E-state index contributed by atoms with van der Waals surface area (Å²) in [6.07, 6.45) is 1.60. The van der Waals surface area contributed by atoms with Crippen molar-refractivity contribution >= 4 is 17.6 Å². The molecule has 7 heteroatoms. The molecule has 0 spiro atoms. The van der Waals surface area contributed by atoms with Crippen LogP contribution in [-0.4, -0.2) is 39.4 Å². The van der Waals surface area contributed by atoms with Gasteiger partial charge in [0.15, 0.2) is 0 Å². The number of carbonyl (C=O) groups excluding carboxylic acids is 1. The van der Waals surface area contributed by atoms with Gasteiger partial charge >= 0.3 is 5.97 Å². The molecule has 1 amide bonds. The molecule has 1 fully saturated rings. The van der Waals surface area contributed by atoms with Crippen LogP contribution < -0.4 is 0 Å². The zero-order valence-corrected chi connectivity index (χ0v) is 9.98. The molecule has 1 saturated carbocycles. The van der Waals surface area contributed by atoms with Gasteiger partial charge in [0.2, 0.25) is 0 Å². The maximum Gasteiger partial charge on any atom is 0.323 e. The minimum Gasteiger partial charge on any atom is -0.480 e. The quantitative estimate of drug-likeness (QED) is 0.637. The zero-order valence-electron chi connectivity index (χ0n) is 9.98. The highest BCUT2D eigenvalue weighted by atomic mass is 16.6. The van der Waals surface area contributed by atoms with Crippen molar-refractivity contribution in [2.45, 2.75) is 18.9 Å². The van der Waals surface area contributed by atoms with Gasteiger partial charge < -0.3 is 10.0 Å². The molecule has 0 atom stereocenters. The highest BCUT2D eigenvalue weighted by Gasteiger charge is 2.34. The molecule has 0 aliphatic heterocycles. The number of aliphatic carboxylic acids is 1. The lowest BCUT2D eigenvalue weighted by Crippen LogP contribution is -2.37. The number of hydrogen-bond donors (Lipinski definition) is 1. The summed E-state index contributed by atoms with van der Waals surface area (Å²) in [6, 6.07) is 5.13. The number of amides is 1. The number of nitro benzene ring substituents is 1. The summed E-state index contributed by atoms with van der Waals surface area (Å²) in [7, 11) is 0. The van der Waals surface area contributed by atoms with Gasteiger partial charge in [0.05, 0.1) is 4.92 Å². The second-order valence-corrected chi connectivity index (χ2v) is 4.36. The summed E-state index contributed by atoms with van der Waals surface area (Å²) in [5.41, 5.74) is 0.159. The number of benzene rings is 1. The molecule has 7 nitrogen and oxygen atoms in total. The fourth-order valence-corrected chi connectivity index (χ4v) is 1.79. The average molecular weight is 264 g/mol. The maximum absolute atomic E-state index is 12.1. The van der Waals surface area contributed by atoms with Crippen molar-refractivity contribution in [2.24, 2.45) is 0 Å². The van der Waals surface area contributed by atoms with E-state index in [9.17, 15) is 19.7 Å². The van der Waals surface area contributed by atoms with Crippen molar-refractivity contribution in [1.29, 1.82) is 0 Å². The highest BCUT2D eigenvalue weighted by molar-refractivity contribution is 5.96. The third kappa shape index (κ3) is 3.06. The predicted molar refractivity (Wildman–Crippen MR) is 64.8 cm³/mol. The van der Waals surface area contributed by atoms with Crippen LogP contribution in [0.2, 0.25) is 0 Å². The minimum atomic E-state index is -1.07. The van der Waals surface area contributed by atoms with E-state index >= 15 is 0 Å². The molecular formula is C12H12N2O5. The first-order valence-electron chi connectivity index (χ1n) is 5.76. The van der Waals surface area contributed by atoms with E-state index in [1.807, 2.05) is 0 Å². The maximum atomic E-state index is 12.1. The van der Waals surface area contributed by atoms with Crippen LogP contribution in [0, 0.1) is 10.1 Å². The summed E-state index contributed by atoms with van der Waals surface area (Å²) < 4.78 is 0. The van der Waals surface area contributed by atoms with E-state index in [1.54, 1.807) is 0 Å². The van der Waals surface area contributed by atoms with Crippen LogP contribution in [0.1, 0.15) is 23.2 Å². The molecule has 100 valence electrons. The van der Waals surface area contributed by atoms with Gasteiger partial charge in [0.1, 0.15) is 6.54 Å². The molecule has 1 N–H and O–H groups in total. The van der Waals surface area contributed by atoms with Crippen molar-refractivity contribution < 1.29 is 19.6 Å². The highest BCUT2D eigenvalue weighted by Crippen LogP contribution is 2.28. The monoisotopic (exact) mass is 264 g/mol. The van der Waals surface area contributed by atoms with Gasteiger partial charge in [-0.15, -0.1) is 0 Å². The van der Waals surface area contributed by atoms with Crippen molar-refractivity contribution in [3.63, 3.8) is 0 Å². The molecule has 1 aliphatic carbocycles. The number of carboxylic acid groups (broad SMARTS) is 1. The fraction of sp³-hybridized carbons (Fsp3) is 0.333. The van der Waals surface area contributed by atoms with E-state index in [4.69, 9.17) is 5.11 Å². The molecule has 0 bridgehead atoms. The van der Waals surface area contributed by atoms with E-state index < -0.39 is 16.8 Å². The van der Waals surface area contributed by atoms with Crippen molar-refractivity contribution in [3.05, 3.63) is 39.9 Å². The van der Waals surface area contributed by atoms with E-state index in [0.717, 1.165) is 12.8 Å². The third-order valence-corrected chi connectivity index (χ3v) is 2.88. The Morgan fingerprint density at radius 2 is 1.89 bits per heavy atom. The van der Waals surface area contributed by atoms with E-state index in [0.29, 0.717) is 0 Å². The Bertz CT molecular complexity index is 521. The SMILES string of the molecule is O=C(O)CN(C(=O)c1ccc([N+](=O)[O-])cc1)C1CC1. The van der Waals surface area contributed by atoms with Crippen LogP contribution in [-0.2, 0) is 4.79 Å². The smallest absolute Gasteiger partial charge is 0.323 e. The van der Waals surface area contributed by atoms with Gasteiger partial charge in [-0.25, -0.2) is 0 Å². The van der Waals surface area contributed by atoms with Gasteiger partial charge in [0.25, 0.3) is 11.6 Å². The zero-order chi connectivity index (χ0) is 14.0. The fourth-order valence-electron chi connectivity index (χ4n) is 1.79. The molecule has 0 aromatic heterocycles. The lowest BCUT2D eigenvalue weighted by Gasteiger charge is -2.20. The third-order valence-electron chi connectivity index (χ3n) is 2.88. The second kappa shape index (κ2) is 5.05. The van der Waals surface area contributed by atoms with Gasteiger partial charge in [-0.2, -0.15) is 0 Å². The molecule has 0 radical (unpaired) electrons. The normalized spacial score (nSPS) is 13.9. The molecule has 1 aliphatic rings. The van der Waals surface area contributed by atoms with Crippen molar-refractivity contribution in [2.75, 3.05) is 6.54 Å². The van der Waals surface area contributed by atoms with Crippen LogP contribution in [0.25, 0.3) is 0 Å². The largest absolute Gasteiger partial charge is 0.480 e. The van der Waals surface area contributed by atoms with E-state index in [1.165, 1.54) is 29.2 Å². The van der Waals surface area contributed by atoms with E-state index in [-0.39, 0.29) is 23.8 Å². The average Bonchev–Trinajstić information content (AvgIpc) is 3.19. The number of nitro groups is 1. The molecule has 1 aromatic rings. The number of carboxylic acids is 1. The summed E-state index contributed by atoms with van der Waals surface area (Å²) in [5, 5.41) is 19.3. The summed E-state index contributed by atoms with van der Waals surface area (Å²) in [5.74, 6) is -1.47. The lowest BCUT2D eigenvalue weighted by molar-refractivity contribution is -0.384. The molecule has 19 heavy (non-hydrogen) atoms. The van der Waals surface area contributed by atoms with Gasteiger partial charge in [-0.3, -0.25) is 19.7 Å². The van der Waals surface area contributed by atoms with E-state index in [2.05, 4.69) is 0 Å². The predicted octanol–water partition coefficient (Wildman–Crippen LogP) is 1.28. The molecular weight excluding hydrogens is 252 g/mol. The van der Waals surface area contributed by atoms with Crippen molar-refractivity contribution in [1.82, 2.24) is 4.90 Å². The first kappa shape index (κ1) is 13.0. The number of rotatable bonds is 5. The first-order chi connectivity index (χ1) is 8.99. The van der Waals surface area contributed by atoms with Crippen molar-refractivity contribution in [3.8, 4) is 0 Å².